The minimum absolute atomic E-state index is 0.0327. The molecule has 1 amide bonds. The highest BCUT2D eigenvalue weighted by molar-refractivity contribution is 6.07. The molecule has 2 rings (SSSR count). The van der Waals surface area contributed by atoms with Crippen LogP contribution in [-0.2, 0) is 9.53 Å². The number of fused-ring (bicyclic) bond motifs is 1. The van der Waals surface area contributed by atoms with Crippen LogP contribution in [0.5, 0.6) is 0 Å². The fourth-order valence-electron chi connectivity index (χ4n) is 2.13. The maximum Gasteiger partial charge on any atom is 0.325 e. The molecule has 0 spiro atoms. The molecule has 4 nitrogen and oxygen atoms in total. The Morgan fingerprint density at radius 2 is 1.80 bits per heavy atom. The Bertz CT molecular complexity index is 631. The lowest BCUT2D eigenvalue weighted by Gasteiger charge is -2.20. The summed E-state index contributed by atoms with van der Waals surface area (Å²) in [6.07, 6.45) is 0. The number of hydrogen-bond donors (Lipinski definition) is 0. The molecule has 0 aromatic heterocycles. The molecule has 0 bridgehead atoms. The van der Waals surface area contributed by atoms with Crippen LogP contribution in [0, 0.1) is 0 Å². The molecule has 0 saturated carbocycles. The van der Waals surface area contributed by atoms with E-state index in [0.29, 0.717) is 12.1 Å². The van der Waals surface area contributed by atoms with Crippen LogP contribution in [-0.4, -0.2) is 37.0 Å². The summed E-state index contributed by atoms with van der Waals surface area (Å²) in [6, 6.07) is 13.3. The van der Waals surface area contributed by atoms with Gasteiger partial charge in [0.15, 0.2) is 0 Å². The summed E-state index contributed by atoms with van der Waals surface area (Å²) in [5.41, 5.74) is 0.605. The summed E-state index contributed by atoms with van der Waals surface area (Å²) in [6.45, 7) is 2.26. The Hall–Kier alpha value is -2.36. The standard InChI is InChI=1S/C16H17NO3/c1-3-17(11-15(18)20-2)16(19)14-10-6-8-12-7-4-5-9-13(12)14/h4-10H,3,11H2,1-2H3. The van der Waals surface area contributed by atoms with E-state index in [1.807, 2.05) is 43.3 Å². The van der Waals surface area contributed by atoms with Crippen molar-refractivity contribution in [1.29, 1.82) is 0 Å². The molecule has 0 aliphatic rings. The molecule has 0 N–H and O–H groups in total. The quantitative estimate of drug-likeness (QED) is 0.803. The van der Waals surface area contributed by atoms with Crippen LogP contribution in [0.3, 0.4) is 0 Å². The van der Waals surface area contributed by atoms with Crippen LogP contribution in [0.15, 0.2) is 42.5 Å². The third-order valence-electron chi connectivity index (χ3n) is 3.24. The number of methoxy groups -OCH3 is 1. The highest BCUT2D eigenvalue weighted by Gasteiger charge is 2.19. The monoisotopic (exact) mass is 271 g/mol. The average molecular weight is 271 g/mol. The Morgan fingerprint density at radius 1 is 1.10 bits per heavy atom. The Labute approximate surface area is 117 Å². The molecule has 0 fully saturated rings. The van der Waals surface area contributed by atoms with Gasteiger partial charge in [-0.15, -0.1) is 0 Å². The largest absolute Gasteiger partial charge is 0.468 e. The van der Waals surface area contributed by atoms with E-state index in [1.54, 1.807) is 6.07 Å². The zero-order valence-electron chi connectivity index (χ0n) is 11.6. The van der Waals surface area contributed by atoms with Gasteiger partial charge in [-0.25, -0.2) is 0 Å². The molecule has 0 unspecified atom stereocenters. The van der Waals surface area contributed by atoms with Crippen molar-refractivity contribution in [2.24, 2.45) is 0 Å². The van der Waals surface area contributed by atoms with Crippen LogP contribution >= 0.6 is 0 Å². The third kappa shape index (κ3) is 2.79. The van der Waals surface area contributed by atoms with E-state index in [9.17, 15) is 9.59 Å². The molecule has 0 aliphatic carbocycles. The van der Waals surface area contributed by atoms with Crippen molar-refractivity contribution in [3.05, 3.63) is 48.0 Å². The number of benzene rings is 2. The minimum atomic E-state index is -0.416. The number of carbonyl (C=O) groups excluding carboxylic acids is 2. The first kappa shape index (κ1) is 14.1. The molecular weight excluding hydrogens is 254 g/mol. The van der Waals surface area contributed by atoms with Gasteiger partial charge < -0.3 is 9.64 Å². The molecular formula is C16H17NO3. The van der Waals surface area contributed by atoms with E-state index in [1.165, 1.54) is 12.0 Å². The normalized spacial score (nSPS) is 10.3. The van der Waals surface area contributed by atoms with Crippen LogP contribution in [0.2, 0.25) is 0 Å². The first-order chi connectivity index (χ1) is 9.67. The lowest BCUT2D eigenvalue weighted by molar-refractivity contribution is -0.141. The van der Waals surface area contributed by atoms with Crippen molar-refractivity contribution < 1.29 is 14.3 Å². The summed E-state index contributed by atoms with van der Waals surface area (Å²) in [5.74, 6) is -0.574. The van der Waals surface area contributed by atoms with E-state index in [-0.39, 0.29) is 12.5 Å². The molecule has 0 radical (unpaired) electrons. The number of carbonyl (C=O) groups is 2. The minimum Gasteiger partial charge on any atom is -0.468 e. The van der Waals surface area contributed by atoms with Crippen LogP contribution in [0.1, 0.15) is 17.3 Å². The highest BCUT2D eigenvalue weighted by atomic mass is 16.5. The second-order valence-corrected chi connectivity index (χ2v) is 4.42. The maximum absolute atomic E-state index is 12.6. The molecule has 20 heavy (non-hydrogen) atoms. The van der Waals surface area contributed by atoms with Crippen molar-refractivity contribution >= 4 is 22.6 Å². The van der Waals surface area contributed by atoms with Crippen molar-refractivity contribution in [2.45, 2.75) is 6.92 Å². The van der Waals surface area contributed by atoms with E-state index in [4.69, 9.17) is 0 Å². The third-order valence-corrected chi connectivity index (χ3v) is 3.24. The van der Waals surface area contributed by atoms with Gasteiger partial charge in [-0.3, -0.25) is 9.59 Å². The number of amides is 1. The molecule has 0 aliphatic heterocycles. The second kappa shape index (κ2) is 6.19. The first-order valence-electron chi connectivity index (χ1n) is 6.51. The van der Waals surface area contributed by atoms with E-state index in [2.05, 4.69) is 4.74 Å². The summed E-state index contributed by atoms with van der Waals surface area (Å²) < 4.78 is 4.62. The Morgan fingerprint density at radius 3 is 2.50 bits per heavy atom. The predicted molar refractivity (Wildman–Crippen MR) is 77.5 cm³/mol. The van der Waals surface area contributed by atoms with Crippen molar-refractivity contribution in [2.75, 3.05) is 20.2 Å². The number of ether oxygens (including phenoxy) is 1. The molecule has 0 atom stereocenters. The number of likely N-dealkylation sites (N-methyl/N-ethyl adjacent to an activating group) is 1. The fraction of sp³-hybridized carbons (Fsp3) is 0.250. The Balaban J connectivity index is 2.37. The van der Waals surface area contributed by atoms with Crippen molar-refractivity contribution in [3.63, 3.8) is 0 Å². The number of hydrogen-bond acceptors (Lipinski definition) is 3. The predicted octanol–water partition coefficient (Wildman–Crippen LogP) is 2.47. The molecule has 4 heteroatoms. The van der Waals surface area contributed by atoms with Gasteiger partial charge in [0, 0.05) is 12.1 Å². The number of nitrogens with zero attached hydrogens (tertiary/aromatic N) is 1. The summed E-state index contributed by atoms with van der Waals surface area (Å²) >= 11 is 0. The summed E-state index contributed by atoms with van der Waals surface area (Å²) in [4.78, 5) is 25.4. The molecule has 2 aromatic rings. The molecule has 0 saturated heterocycles. The number of esters is 1. The van der Waals surface area contributed by atoms with Crippen LogP contribution in [0.4, 0.5) is 0 Å². The average Bonchev–Trinajstić information content (AvgIpc) is 2.51. The van der Waals surface area contributed by atoms with Crippen molar-refractivity contribution in [1.82, 2.24) is 4.90 Å². The lowest BCUT2D eigenvalue weighted by atomic mass is 10.0. The van der Waals surface area contributed by atoms with Crippen molar-refractivity contribution in [3.8, 4) is 0 Å². The molecule has 0 heterocycles. The SMILES string of the molecule is CCN(CC(=O)OC)C(=O)c1cccc2ccccc12. The summed E-state index contributed by atoms with van der Waals surface area (Å²) in [5, 5.41) is 1.90. The smallest absolute Gasteiger partial charge is 0.325 e. The highest BCUT2D eigenvalue weighted by Crippen LogP contribution is 2.20. The molecule has 104 valence electrons. The number of rotatable bonds is 4. The Kier molecular flexibility index (Phi) is 4.35. The topological polar surface area (TPSA) is 46.6 Å². The zero-order valence-corrected chi connectivity index (χ0v) is 11.6. The lowest BCUT2D eigenvalue weighted by Crippen LogP contribution is -2.36. The van der Waals surface area contributed by atoms with Gasteiger partial charge in [-0.05, 0) is 23.8 Å². The van der Waals surface area contributed by atoms with Crippen LogP contribution < -0.4 is 0 Å². The van der Waals surface area contributed by atoms with Crippen LogP contribution in [0.25, 0.3) is 10.8 Å². The summed E-state index contributed by atoms with van der Waals surface area (Å²) in [7, 11) is 1.32. The fourth-order valence-corrected chi connectivity index (χ4v) is 2.13. The second-order valence-electron chi connectivity index (χ2n) is 4.42. The first-order valence-corrected chi connectivity index (χ1v) is 6.51. The maximum atomic E-state index is 12.6. The van der Waals surface area contributed by atoms with Gasteiger partial charge in [0.1, 0.15) is 6.54 Å². The molecule has 2 aromatic carbocycles. The van der Waals surface area contributed by atoms with E-state index in [0.717, 1.165) is 10.8 Å². The van der Waals surface area contributed by atoms with E-state index >= 15 is 0 Å². The van der Waals surface area contributed by atoms with Gasteiger partial charge in [-0.1, -0.05) is 36.4 Å². The van der Waals surface area contributed by atoms with E-state index < -0.39 is 5.97 Å². The van der Waals surface area contributed by atoms with Gasteiger partial charge in [0.2, 0.25) is 0 Å². The van der Waals surface area contributed by atoms with Gasteiger partial charge in [0.25, 0.3) is 5.91 Å². The van der Waals surface area contributed by atoms with Gasteiger partial charge in [-0.2, -0.15) is 0 Å². The van der Waals surface area contributed by atoms with Gasteiger partial charge >= 0.3 is 5.97 Å². The zero-order chi connectivity index (χ0) is 14.5. The van der Waals surface area contributed by atoms with Gasteiger partial charge in [0.05, 0.1) is 7.11 Å².